The van der Waals surface area contributed by atoms with Crippen molar-refractivity contribution in [1.82, 2.24) is 24.4 Å². The van der Waals surface area contributed by atoms with Crippen molar-refractivity contribution in [2.24, 2.45) is 5.92 Å². The Morgan fingerprint density at radius 3 is 2.62 bits per heavy atom. The molecule has 1 saturated carbocycles. The molecule has 0 bridgehead atoms. The molecule has 1 fully saturated rings. The molecule has 0 unspecified atom stereocenters. The molecule has 1 aliphatic rings. The van der Waals surface area contributed by atoms with Gasteiger partial charge in [-0.25, -0.2) is 8.91 Å². The molecule has 3 heterocycles. The smallest absolute Gasteiger partial charge is 0.131 e. The molecule has 7 nitrogen and oxygen atoms in total. The van der Waals surface area contributed by atoms with Crippen molar-refractivity contribution >= 4 is 5.52 Å². The van der Waals surface area contributed by atoms with Gasteiger partial charge in [0.1, 0.15) is 5.82 Å². The summed E-state index contributed by atoms with van der Waals surface area (Å²) in [6.07, 6.45) is 12.2. The topological polar surface area (TPSA) is 92.0 Å². The van der Waals surface area contributed by atoms with E-state index in [0.717, 1.165) is 42.5 Å². The number of nitrogens with zero attached hydrogens (tertiary/aromatic N) is 6. The van der Waals surface area contributed by atoms with E-state index in [2.05, 4.69) is 21.3 Å². The van der Waals surface area contributed by atoms with Gasteiger partial charge in [-0.2, -0.15) is 15.5 Å². The van der Waals surface area contributed by atoms with Gasteiger partial charge in [0.05, 0.1) is 41.8 Å². The Bertz CT molecular complexity index is 1370. The van der Waals surface area contributed by atoms with E-state index in [1.54, 1.807) is 60.1 Å². The number of aliphatic hydroxyl groups is 1. The summed E-state index contributed by atoms with van der Waals surface area (Å²) in [5.41, 5.74) is 3.55. The number of nitriles is 1. The first-order valence-corrected chi connectivity index (χ1v) is 11.6. The Morgan fingerprint density at radius 2 is 1.91 bits per heavy atom. The third-order valence-corrected chi connectivity index (χ3v) is 6.53. The molecule has 4 aromatic rings. The average molecular weight is 459 g/mol. The molecular weight excluding hydrogens is 431 g/mol. The van der Waals surface area contributed by atoms with Gasteiger partial charge in [-0.15, -0.1) is 0 Å². The zero-order chi connectivity index (χ0) is 23.9. The predicted molar refractivity (Wildman–Crippen MR) is 126 cm³/mol. The Kier molecular flexibility index (Phi) is 5.66. The molecule has 34 heavy (non-hydrogen) atoms. The normalized spacial score (nSPS) is 18.8. The maximum Gasteiger partial charge on any atom is 0.131 e. The van der Waals surface area contributed by atoms with Crippen molar-refractivity contribution in [3.8, 4) is 28.3 Å². The number of benzene rings is 1. The second-order valence-corrected chi connectivity index (χ2v) is 9.78. The van der Waals surface area contributed by atoms with E-state index in [9.17, 15) is 10.4 Å². The monoisotopic (exact) mass is 458 g/mol. The van der Waals surface area contributed by atoms with Crippen LogP contribution in [-0.4, -0.2) is 35.1 Å². The van der Waals surface area contributed by atoms with Crippen molar-refractivity contribution < 1.29 is 9.50 Å². The predicted octanol–water partition coefficient (Wildman–Crippen LogP) is 4.97. The van der Waals surface area contributed by atoms with E-state index in [-0.39, 0.29) is 17.7 Å². The fraction of sp³-hybridized carbons (Fsp3) is 0.385. The summed E-state index contributed by atoms with van der Waals surface area (Å²) in [5.74, 6) is -0.00325. The van der Waals surface area contributed by atoms with Gasteiger partial charge in [-0.1, -0.05) is 12.1 Å². The van der Waals surface area contributed by atoms with E-state index in [0.29, 0.717) is 23.2 Å². The Hall–Kier alpha value is -3.57. The summed E-state index contributed by atoms with van der Waals surface area (Å²) in [7, 11) is 0. The van der Waals surface area contributed by atoms with Crippen LogP contribution in [0, 0.1) is 23.1 Å². The summed E-state index contributed by atoms with van der Waals surface area (Å²) in [6.45, 7) is 3.79. The van der Waals surface area contributed by atoms with Crippen LogP contribution in [0.5, 0.6) is 0 Å². The molecule has 5 rings (SSSR count). The van der Waals surface area contributed by atoms with E-state index >= 15 is 4.39 Å². The maximum atomic E-state index is 15.4. The van der Waals surface area contributed by atoms with Crippen LogP contribution in [0.3, 0.4) is 0 Å². The van der Waals surface area contributed by atoms with Gasteiger partial charge >= 0.3 is 0 Å². The fourth-order valence-corrected chi connectivity index (χ4v) is 4.87. The minimum absolute atomic E-state index is 0.109. The van der Waals surface area contributed by atoms with E-state index in [1.165, 1.54) is 6.07 Å². The first-order valence-electron chi connectivity index (χ1n) is 11.6. The van der Waals surface area contributed by atoms with Crippen LogP contribution in [-0.2, 0) is 6.54 Å². The van der Waals surface area contributed by atoms with Crippen LogP contribution in [0.2, 0.25) is 0 Å². The van der Waals surface area contributed by atoms with Crippen LogP contribution >= 0.6 is 0 Å². The minimum atomic E-state index is -0.887. The highest BCUT2D eigenvalue weighted by atomic mass is 19.1. The lowest BCUT2D eigenvalue weighted by atomic mass is 9.80. The van der Waals surface area contributed by atoms with Gasteiger partial charge in [0.15, 0.2) is 0 Å². The number of hydrogen-bond donors (Lipinski definition) is 1. The minimum Gasteiger partial charge on any atom is -0.389 e. The number of rotatable bonds is 5. The van der Waals surface area contributed by atoms with Crippen molar-refractivity contribution in [2.45, 2.75) is 57.6 Å². The second kappa shape index (κ2) is 8.65. The average Bonchev–Trinajstić information content (AvgIpc) is 3.45. The summed E-state index contributed by atoms with van der Waals surface area (Å²) in [5, 5.41) is 28.0. The SMILES string of the molecule is CC(C)(O)Cn1cc(-c2ccc(-c3cnn4ccnc([C@H]5CC[C@@H](C#N)CC5)c34)c(F)c2)cn1. The van der Waals surface area contributed by atoms with Crippen molar-refractivity contribution in [2.75, 3.05) is 0 Å². The third-order valence-electron chi connectivity index (χ3n) is 6.53. The first-order chi connectivity index (χ1) is 16.3. The molecule has 0 spiro atoms. The lowest BCUT2D eigenvalue weighted by Crippen LogP contribution is -2.26. The highest BCUT2D eigenvalue weighted by molar-refractivity contribution is 5.83. The van der Waals surface area contributed by atoms with Gasteiger partial charge < -0.3 is 5.11 Å². The van der Waals surface area contributed by atoms with Crippen molar-refractivity contribution in [3.63, 3.8) is 0 Å². The van der Waals surface area contributed by atoms with Gasteiger partial charge in [0, 0.05) is 47.1 Å². The molecule has 1 N–H and O–H groups in total. The Labute approximate surface area is 197 Å². The Morgan fingerprint density at radius 1 is 1.12 bits per heavy atom. The molecular formula is C26H27FN6O. The number of aromatic nitrogens is 5. The lowest BCUT2D eigenvalue weighted by molar-refractivity contribution is 0.0577. The highest BCUT2D eigenvalue weighted by Gasteiger charge is 2.26. The van der Waals surface area contributed by atoms with Crippen LogP contribution in [0.1, 0.15) is 51.1 Å². The molecule has 174 valence electrons. The van der Waals surface area contributed by atoms with Crippen molar-refractivity contribution in [1.29, 1.82) is 5.26 Å². The summed E-state index contributed by atoms with van der Waals surface area (Å²) >= 11 is 0. The lowest BCUT2D eigenvalue weighted by Gasteiger charge is -2.25. The molecule has 0 amide bonds. The van der Waals surface area contributed by atoms with Gasteiger partial charge in [-0.3, -0.25) is 9.67 Å². The molecule has 1 aromatic carbocycles. The first kappa shape index (κ1) is 22.2. The summed E-state index contributed by atoms with van der Waals surface area (Å²) in [6, 6.07) is 7.54. The third kappa shape index (κ3) is 4.31. The molecule has 3 aromatic heterocycles. The summed E-state index contributed by atoms with van der Waals surface area (Å²) in [4.78, 5) is 4.67. The molecule has 0 radical (unpaired) electrons. The molecule has 1 aliphatic carbocycles. The second-order valence-electron chi connectivity index (χ2n) is 9.78. The molecule has 0 atom stereocenters. The van der Waals surface area contributed by atoms with Crippen LogP contribution in [0.25, 0.3) is 27.8 Å². The number of hydrogen-bond acceptors (Lipinski definition) is 5. The van der Waals surface area contributed by atoms with E-state index in [4.69, 9.17) is 0 Å². The largest absolute Gasteiger partial charge is 0.389 e. The zero-order valence-corrected chi connectivity index (χ0v) is 19.3. The molecule has 0 saturated heterocycles. The number of halogens is 1. The fourth-order valence-electron chi connectivity index (χ4n) is 4.87. The highest BCUT2D eigenvalue weighted by Crippen LogP contribution is 2.39. The Balaban J connectivity index is 1.48. The quantitative estimate of drug-likeness (QED) is 0.456. The molecule has 0 aliphatic heterocycles. The maximum absolute atomic E-state index is 15.4. The summed E-state index contributed by atoms with van der Waals surface area (Å²) < 4.78 is 18.8. The van der Waals surface area contributed by atoms with Crippen LogP contribution in [0.4, 0.5) is 4.39 Å². The molecule has 8 heteroatoms. The zero-order valence-electron chi connectivity index (χ0n) is 19.3. The van der Waals surface area contributed by atoms with Gasteiger partial charge in [0.25, 0.3) is 0 Å². The van der Waals surface area contributed by atoms with Crippen LogP contribution in [0.15, 0.2) is 49.2 Å². The number of fused-ring (bicyclic) bond motifs is 1. The van der Waals surface area contributed by atoms with Crippen molar-refractivity contribution in [3.05, 3.63) is 60.7 Å². The van der Waals surface area contributed by atoms with E-state index < -0.39 is 5.60 Å². The van der Waals surface area contributed by atoms with Gasteiger partial charge in [-0.05, 0) is 51.2 Å². The van der Waals surface area contributed by atoms with Crippen LogP contribution < -0.4 is 0 Å². The standard InChI is InChI=1S/C26H27FN6O/c1-26(2,34)16-32-15-20(13-30-32)19-7-8-21(23(27)11-19)22-14-31-33-10-9-29-24(25(22)33)18-5-3-17(12-28)4-6-18/h7-11,13-15,17-18,34H,3-6,16H2,1-2H3/t17-,18+. The van der Waals surface area contributed by atoms with E-state index in [1.807, 2.05) is 6.07 Å². The van der Waals surface area contributed by atoms with Gasteiger partial charge in [0.2, 0.25) is 0 Å².